The van der Waals surface area contributed by atoms with Crippen molar-refractivity contribution in [1.29, 1.82) is 0 Å². The molecule has 0 aromatic heterocycles. The van der Waals surface area contributed by atoms with Gasteiger partial charge >= 0.3 is 0 Å². The molecule has 1 aromatic rings. The van der Waals surface area contributed by atoms with Gasteiger partial charge in [-0.15, -0.1) is 0 Å². The Bertz CT molecular complexity index is 754. The Morgan fingerprint density at radius 1 is 0.760 bits per heavy atom. The summed E-state index contributed by atoms with van der Waals surface area (Å²) in [6.07, 6.45) is 10.5. The Balaban J connectivity index is 2.11. The quantitative estimate of drug-likeness (QED) is 0.485. The van der Waals surface area contributed by atoms with Crippen molar-refractivity contribution in [1.82, 2.24) is 0 Å². The molecule has 0 heteroatoms. The van der Waals surface area contributed by atoms with Gasteiger partial charge in [-0.3, -0.25) is 0 Å². The van der Waals surface area contributed by atoms with Crippen molar-refractivity contribution < 1.29 is 0 Å². The predicted molar refractivity (Wildman–Crippen MR) is 110 cm³/mol. The summed E-state index contributed by atoms with van der Waals surface area (Å²) in [5.74, 6) is 0. The van der Waals surface area contributed by atoms with Crippen molar-refractivity contribution in [2.75, 3.05) is 0 Å². The summed E-state index contributed by atoms with van der Waals surface area (Å²) in [6, 6.07) is 4.96. The fraction of sp³-hybridized carbons (Fsp3) is 0.520. The molecule has 0 fully saturated rings. The highest BCUT2D eigenvalue weighted by atomic mass is 14.3. The number of fused-ring (bicyclic) bond motifs is 1. The van der Waals surface area contributed by atoms with Gasteiger partial charge in [0.2, 0.25) is 0 Å². The zero-order valence-corrected chi connectivity index (χ0v) is 17.1. The van der Waals surface area contributed by atoms with E-state index in [1.54, 1.807) is 22.3 Å². The summed E-state index contributed by atoms with van der Waals surface area (Å²) in [4.78, 5) is 0. The minimum Gasteiger partial charge on any atom is -0.0958 e. The number of rotatable bonds is 0. The molecule has 2 bridgehead atoms. The first-order valence-electron chi connectivity index (χ1n) is 9.78. The molecule has 0 unspecified atom stereocenters. The number of allylic oxidation sites excluding steroid dienone is 5. The monoisotopic (exact) mass is 334 g/mol. The Labute approximate surface area is 154 Å². The lowest BCUT2D eigenvalue weighted by atomic mass is 9.75. The van der Waals surface area contributed by atoms with Crippen LogP contribution in [0.5, 0.6) is 0 Å². The van der Waals surface area contributed by atoms with Crippen LogP contribution in [0.2, 0.25) is 0 Å². The Morgan fingerprint density at radius 3 is 1.92 bits per heavy atom. The molecule has 0 nitrogen and oxygen atoms in total. The minimum atomic E-state index is 0.175. The van der Waals surface area contributed by atoms with Gasteiger partial charge in [0.1, 0.15) is 0 Å². The number of benzene rings is 1. The first kappa shape index (κ1) is 18.2. The van der Waals surface area contributed by atoms with E-state index in [2.05, 4.69) is 72.4 Å². The van der Waals surface area contributed by atoms with Gasteiger partial charge in [-0.2, -0.15) is 0 Å². The first-order chi connectivity index (χ1) is 11.5. The zero-order chi connectivity index (χ0) is 18.4. The largest absolute Gasteiger partial charge is 0.0958 e. The fourth-order valence-electron chi connectivity index (χ4n) is 3.92. The molecule has 0 N–H and O–H groups in total. The number of aryl methyl sites for hydroxylation is 2. The van der Waals surface area contributed by atoms with Crippen LogP contribution in [0.15, 0.2) is 47.6 Å². The molecule has 3 rings (SSSR count). The number of hydrogen-bond donors (Lipinski definition) is 0. The molecule has 0 atom stereocenters. The van der Waals surface area contributed by atoms with Crippen LogP contribution in [-0.2, 0) is 24.7 Å². The SMILES string of the molecule is C=C1/C=C(C(C)(C)C)\C=C2\CCc3cc(C(C)(C)C)cc(c3C2)CC1. The molecule has 25 heavy (non-hydrogen) atoms. The second-order valence-corrected chi connectivity index (χ2v) is 10.0. The minimum absolute atomic E-state index is 0.175. The smallest absolute Gasteiger partial charge is 0.00583 e. The maximum Gasteiger partial charge on any atom is -0.00583 e. The Morgan fingerprint density at radius 2 is 1.36 bits per heavy atom. The van der Waals surface area contributed by atoms with Gasteiger partial charge < -0.3 is 0 Å². The molecule has 134 valence electrons. The lowest BCUT2D eigenvalue weighted by Crippen LogP contribution is -2.17. The van der Waals surface area contributed by atoms with Crippen LogP contribution in [0.1, 0.15) is 76.6 Å². The molecule has 0 amide bonds. The van der Waals surface area contributed by atoms with E-state index >= 15 is 0 Å². The molecule has 0 aliphatic heterocycles. The summed E-state index contributed by atoms with van der Waals surface area (Å²) in [5, 5.41) is 0. The lowest BCUT2D eigenvalue weighted by molar-refractivity contribution is 0.514. The third-order valence-electron chi connectivity index (χ3n) is 5.72. The third kappa shape index (κ3) is 4.00. The maximum atomic E-state index is 4.36. The molecule has 0 spiro atoms. The Kier molecular flexibility index (Phi) is 4.60. The highest BCUT2D eigenvalue weighted by Gasteiger charge is 2.24. The van der Waals surface area contributed by atoms with Crippen molar-refractivity contribution in [3.05, 3.63) is 69.8 Å². The van der Waals surface area contributed by atoms with Gasteiger partial charge in [0.05, 0.1) is 0 Å². The topological polar surface area (TPSA) is 0 Å². The van der Waals surface area contributed by atoms with Crippen LogP contribution >= 0.6 is 0 Å². The van der Waals surface area contributed by atoms with Crippen molar-refractivity contribution in [2.45, 2.75) is 79.1 Å². The molecule has 0 saturated heterocycles. The van der Waals surface area contributed by atoms with Gasteiger partial charge in [0.25, 0.3) is 0 Å². The summed E-state index contributed by atoms with van der Waals surface area (Å²) >= 11 is 0. The summed E-state index contributed by atoms with van der Waals surface area (Å²) in [7, 11) is 0. The average Bonchev–Trinajstić information content (AvgIpc) is 2.49. The molecule has 2 aliphatic carbocycles. The van der Waals surface area contributed by atoms with Crippen LogP contribution < -0.4 is 0 Å². The average molecular weight is 335 g/mol. The van der Waals surface area contributed by atoms with E-state index in [0.29, 0.717) is 0 Å². The van der Waals surface area contributed by atoms with Crippen LogP contribution in [0.3, 0.4) is 0 Å². The van der Waals surface area contributed by atoms with Crippen molar-refractivity contribution in [3.63, 3.8) is 0 Å². The summed E-state index contributed by atoms with van der Waals surface area (Å²) < 4.78 is 0. The molecule has 0 saturated carbocycles. The maximum absolute atomic E-state index is 4.36. The number of hydrogen-bond acceptors (Lipinski definition) is 0. The van der Waals surface area contributed by atoms with Gasteiger partial charge in [0.15, 0.2) is 0 Å². The van der Waals surface area contributed by atoms with Gasteiger partial charge in [-0.05, 0) is 70.8 Å². The van der Waals surface area contributed by atoms with E-state index in [1.165, 1.54) is 29.6 Å². The molecule has 1 aromatic carbocycles. The standard InChI is InChI=1S/C25H34/c1-17-8-10-19-15-22(25(5,6)7)16-20-11-9-18(14-23(19)20)13-21(12-17)24(2,3)4/h12-13,15-16H,1,8-11,14H2,2-7H3/b18-13-,21-12+. The van der Waals surface area contributed by atoms with E-state index in [-0.39, 0.29) is 10.8 Å². The second kappa shape index (κ2) is 6.31. The highest BCUT2D eigenvalue weighted by molar-refractivity contribution is 5.48. The highest BCUT2D eigenvalue weighted by Crippen LogP contribution is 2.37. The zero-order valence-electron chi connectivity index (χ0n) is 17.1. The molecule has 2 aliphatic rings. The van der Waals surface area contributed by atoms with Crippen LogP contribution in [0.4, 0.5) is 0 Å². The lowest BCUT2D eigenvalue weighted by Gasteiger charge is -2.29. The van der Waals surface area contributed by atoms with E-state index < -0.39 is 0 Å². The van der Waals surface area contributed by atoms with E-state index in [4.69, 9.17) is 0 Å². The molecule has 0 radical (unpaired) electrons. The van der Waals surface area contributed by atoms with E-state index in [1.807, 2.05) is 0 Å². The van der Waals surface area contributed by atoms with Gasteiger partial charge in [-0.25, -0.2) is 0 Å². The van der Waals surface area contributed by atoms with Crippen LogP contribution in [0.25, 0.3) is 0 Å². The van der Waals surface area contributed by atoms with Gasteiger partial charge in [0, 0.05) is 0 Å². The van der Waals surface area contributed by atoms with Crippen LogP contribution in [-0.4, -0.2) is 0 Å². The third-order valence-corrected chi connectivity index (χ3v) is 5.72. The summed E-state index contributed by atoms with van der Waals surface area (Å²) in [6.45, 7) is 18.3. The fourth-order valence-corrected chi connectivity index (χ4v) is 3.92. The second-order valence-electron chi connectivity index (χ2n) is 10.0. The molecular formula is C25H34. The molecular weight excluding hydrogens is 300 g/mol. The normalized spacial score (nSPS) is 22.7. The first-order valence-corrected chi connectivity index (χ1v) is 9.78. The van der Waals surface area contributed by atoms with Gasteiger partial charge in [-0.1, -0.05) is 83.6 Å². The summed E-state index contributed by atoms with van der Waals surface area (Å²) in [5.41, 5.74) is 10.9. The Hall–Kier alpha value is -1.56. The van der Waals surface area contributed by atoms with Crippen molar-refractivity contribution in [2.24, 2.45) is 5.41 Å². The van der Waals surface area contributed by atoms with Crippen LogP contribution in [0, 0.1) is 5.41 Å². The van der Waals surface area contributed by atoms with E-state index in [9.17, 15) is 0 Å². The van der Waals surface area contributed by atoms with Crippen molar-refractivity contribution >= 4 is 0 Å². The van der Waals surface area contributed by atoms with E-state index in [0.717, 1.165) is 19.3 Å². The van der Waals surface area contributed by atoms with Crippen molar-refractivity contribution in [3.8, 4) is 0 Å². The molecule has 0 heterocycles. The predicted octanol–water partition coefficient (Wildman–Crippen LogP) is 6.87.